The topological polar surface area (TPSA) is 66.8 Å². The third kappa shape index (κ3) is 5.54. The number of benzene rings is 2. The van der Waals surface area contributed by atoms with Gasteiger partial charge in [0.15, 0.2) is 11.6 Å². The zero-order valence-electron chi connectivity index (χ0n) is 18.3. The molecule has 0 heterocycles. The molecule has 1 aliphatic rings. The van der Waals surface area contributed by atoms with Gasteiger partial charge in [0, 0.05) is 0 Å². The van der Waals surface area contributed by atoms with E-state index in [9.17, 15) is 23.1 Å². The maximum atomic E-state index is 14.9. The summed E-state index contributed by atoms with van der Waals surface area (Å²) in [5, 5.41) is -0.133. The Kier molecular flexibility index (Phi) is 7.56. The van der Waals surface area contributed by atoms with Crippen molar-refractivity contribution in [2.75, 3.05) is 0 Å². The molecule has 0 atom stereocenters. The average molecular weight is 452 g/mol. The second-order valence-corrected chi connectivity index (χ2v) is 10.3. The van der Waals surface area contributed by atoms with Gasteiger partial charge >= 0.3 is 7.60 Å². The van der Waals surface area contributed by atoms with Crippen LogP contribution in [-0.2, 0) is 4.57 Å². The van der Waals surface area contributed by atoms with Gasteiger partial charge in [0.2, 0.25) is 5.82 Å². The highest BCUT2D eigenvalue weighted by atomic mass is 31.2. The molecule has 2 N–H and O–H groups in total. The molecular formula is C24H31F2O4P. The van der Waals surface area contributed by atoms with Gasteiger partial charge in [0.05, 0.1) is 5.30 Å². The van der Waals surface area contributed by atoms with Gasteiger partial charge in [-0.1, -0.05) is 32.3 Å². The van der Waals surface area contributed by atoms with Crippen molar-refractivity contribution in [2.45, 2.75) is 71.6 Å². The smallest absolute Gasteiger partial charge is 0.356 e. The summed E-state index contributed by atoms with van der Waals surface area (Å²) in [6.07, 6.45) is 7.45. The van der Waals surface area contributed by atoms with Crippen LogP contribution in [0.1, 0.15) is 74.5 Å². The lowest BCUT2D eigenvalue weighted by Crippen LogP contribution is -2.15. The third-order valence-corrected chi connectivity index (χ3v) is 7.25. The van der Waals surface area contributed by atoms with Crippen LogP contribution in [0.3, 0.4) is 0 Å². The van der Waals surface area contributed by atoms with Crippen LogP contribution >= 0.6 is 7.60 Å². The zero-order valence-corrected chi connectivity index (χ0v) is 19.2. The van der Waals surface area contributed by atoms with Gasteiger partial charge in [-0.2, -0.15) is 4.39 Å². The number of unbranched alkanes of at least 4 members (excludes halogenated alkanes) is 1. The Bertz CT molecular complexity index is 955. The van der Waals surface area contributed by atoms with E-state index in [1.807, 2.05) is 0 Å². The molecule has 0 unspecified atom stereocenters. The molecule has 3 rings (SSSR count). The van der Waals surface area contributed by atoms with Gasteiger partial charge in [0.25, 0.3) is 0 Å². The van der Waals surface area contributed by atoms with E-state index in [0.717, 1.165) is 25.7 Å². The molecule has 0 aliphatic heterocycles. The molecule has 0 bridgehead atoms. The van der Waals surface area contributed by atoms with Gasteiger partial charge in [-0.3, -0.25) is 4.57 Å². The van der Waals surface area contributed by atoms with E-state index in [0.29, 0.717) is 22.6 Å². The van der Waals surface area contributed by atoms with Crippen molar-refractivity contribution in [3.05, 3.63) is 52.6 Å². The van der Waals surface area contributed by atoms with E-state index >= 15 is 0 Å². The molecule has 4 nitrogen and oxygen atoms in total. The van der Waals surface area contributed by atoms with Gasteiger partial charge in [-0.15, -0.1) is 0 Å². The molecule has 7 heteroatoms. The minimum Gasteiger partial charge on any atom is -0.454 e. The molecule has 1 fully saturated rings. The molecule has 1 aliphatic carbocycles. The first kappa shape index (κ1) is 23.9. The monoisotopic (exact) mass is 452 g/mol. The normalized spacial score (nSPS) is 19.5. The molecule has 0 aromatic heterocycles. The van der Waals surface area contributed by atoms with Crippen molar-refractivity contribution in [2.24, 2.45) is 5.92 Å². The average Bonchev–Trinajstić information content (AvgIpc) is 2.72. The zero-order chi connectivity index (χ0) is 22.8. The van der Waals surface area contributed by atoms with Crippen molar-refractivity contribution < 1.29 is 27.9 Å². The summed E-state index contributed by atoms with van der Waals surface area (Å²) < 4.78 is 46.9. The molecule has 1 saturated carbocycles. The maximum Gasteiger partial charge on any atom is 0.356 e. The summed E-state index contributed by atoms with van der Waals surface area (Å²) in [4.78, 5) is 18.7. The highest BCUT2D eigenvalue weighted by molar-refractivity contribution is 7.60. The second-order valence-electron chi connectivity index (χ2n) is 8.70. The molecule has 170 valence electrons. The Morgan fingerprint density at radius 2 is 1.65 bits per heavy atom. The lowest BCUT2D eigenvalue weighted by atomic mass is 9.77. The van der Waals surface area contributed by atoms with Gasteiger partial charge < -0.3 is 14.5 Å². The van der Waals surface area contributed by atoms with E-state index in [1.54, 1.807) is 19.9 Å². The van der Waals surface area contributed by atoms with E-state index in [1.165, 1.54) is 37.5 Å². The summed E-state index contributed by atoms with van der Waals surface area (Å²) >= 11 is 0. The van der Waals surface area contributed by atoms with Crippen LogP contribution in [0.2, 0.25) is 0 Å². The van der Waals surface area contributed by atoms with Crippen molar-refractivity contribution >= 4 is 12.9 Å². The van der Waals surface area contributed by atoms with E-state index < -0.39 is 19.2 Å². The van der Waals surface area contributed by atoms with E-state index in [2.05, 4.69) is 6.92 Å². The van der Waals surface area contributed by atoms with Crippen LogP contribution < -0.4 is 10.0 Å². The Morgan fingerprint density at radius 1 is 1.03 bits per heavy atom. The number of rotatable bonds is 7. The first-order valence-electron chi connectivity index (χ1n) is 10.9. The fourth-order valence-corrected chi connectivity index (χ4v) is 5.29. The largest absolute Gasteiger partial charge is 0.454 e. The molecule has 31 heavy (non-hydrogen) atoms. The van der Waals surface area contributed by atoms with Crippen LogP contribution in [0.5, 0.6) is 11.5 Å². The van der Waals surface area contributed by atoms with Crippen molar-refractivity contribution in [3.63, 3.8) is 0 Å². The van der Waals surface area contributed by atoms with E-state index in [4.69, 9.17) is 4.74 Å². The molecular weight excluding hydrogens is 421 g/mol. The third-order valence-electron chi connectivity index (χ3n) is 6.32. The lowest BCUT2D eigenvalue weighted by Gasteiger charge is -2.29. The lowest BCUT2D eigenvalue weighted by molar-refractivity contribution is 0.298. The van der Waals surface area contributed by atoms with E-state index in [-0.39, 0.29) is 22.7 Å². The number of halogens is 2. The molecule has 0 amide bonds. The van der Waals surface area contributed by atoms with Crippen molar-refractivity contribution in [1.82, 2.24) is 0 Å². The maximum absolute atomic E-state index is 14.9. The van der Waals surface area contributed by atoms with Crippen LogP contribution in [-0.4, -0.2) is 9.79 Å². The quantitative estimate of drug-likeness (QED) is 0.462. The Morgan fingerprint density at radius 3 is 2.19 bits per heavy atom. The summed E-state index contributed by atoms with van der Waals surface area (Å²) in [5.74, 6) is -1.14. The molecule has 0 spiro atoms. The first-order valence-corrected chi connectivity index (χ1v) is 12.6. The second kappa shape index (κ2) is 9.81. The summed E-state index contributed by atoms with van der Waals surface area (Å²) in [7, 11) is -4.41. The summed E-state index contributed by atoms with van der Waals surface area (Å²) in [6, 6.07) is 5.68. The van der Waals surface area contributed by atoms with Crippen molar-refractivity contribution in [3.8, 4) is 11.5 Å². The predicted molar refractivity (Wildman–Crippen MR) is 118 cm³/mol. The number of ether oxygens (including phenoxy) is 1. The van der Waals surface area contributed by atoms with Gasteiger partial charge in [0.1, 0.15) is 5.75 Å². The summed E-state index contributed by atoms with van der Waals surface area (Å²) in [6.45, 7) is 5.41. The minimum absolute atomic E-state index is 0.0208. The molecule has 2 aromatic rings. The van der Waals surface area contributed by atoms with Crippen molar-refractivity contribution in [1.29, 1.82) is 0 Å². The molecule has 2 aromatic carbocycles. The number of aryl methyl sites for hydroxylation is 2. The Balaban J connectivity index is 1.78. The highest BCUT2D eigenvalue weighted by Crippen LogP contribution is 2.41. The van der Waals surface area contributed by atoms with Crippen LogP contribution in [0.15, 0.2) is 24.3 Å². The SMILES string of the molecule is CCCCC1CCC(c2ccc(Oc3c(C)cc(P(=O)(O)O)cc3C)c(F)c2F)CC1. The minimum atomic E-state index is -4.41. The molecule has 0 radical (unpaired) electrons. The van der Waals surface area contributed by atoms with Crippen LogP contribution in [0, 0.1) is 31.4 Å². The fraction of sp³-hybridized carbons (Fsp3) is 0.500. The highest BCUT2D eigenvalue weighted by Gasteiger charge is 2.27. The number of hydrogen-bond acceptors (Lipinski definition) is 2. The molecule has 0 saturated heterocycles. The van der Waals surface area contributed by atoms with Gasteiger partial charge in [-0.05, 0) is 86.3 Å². The Hall–Kier alpha value is -1.75. The standard InChI is InChI=1S/C24H31F2O4P/c1-4-5-6-17-7-9-18(10-8-17)20-11-12-21(23(26)22(20)25)30-24-15(2)13-19(14-16(24)3)31(27,28)29/h11-14,17-18H,4-10H2,1-3H3,(H2,27,28,29). The number of hydrogen-bond donors (Lipinski definition) is 2. The van der Waals surface area contributed by atoms with Crippen LogP contribution in [0.4, 0.5) is 8.78 Å². The fourth-order valence-electron chi connectivity index (χ4n) is 4.56. The van der Waals surface area contributed by atoms with Gasteiger partial charge in [-0.25, -0.2) is 4.39 Å². The first-order chi connectivity index (χ1) is 14.6. The Labute approximate surface area is 182 Å². The predicted octanol–water partition coefficient (Wildman–Crippen LogP) is 6.64. The van der Waals surface area contributed by atoms with Crippen LogP contribution in [0.25, 0.3) is 0 Å². The summed E-state index contributed by atoms with van der Waals surface area (Å²) in [5.41, 5.74) is 1.28.